The molecule has 0 aliphatic rings. The summed E-state index contributed by atoms with van der Waals surface area (Å²) in [5.41, 5.74) is 6.68. The molecule has 0 fully saturated rings. The standard InChI is InChI=1S/C12H13Br2NO/c1-2-3-6-16-12-10(13)7-9(4-5-15)8-11(12)14/h1,7-8H,3-6,15H2. The van der Waals surface area contributed by atoms with E-state index in [1.165, 1.54) is 5.56 Å². The Morgan fingerprint density at radius 2 is 1.94 bits per heavy atom. The summed E-state index contributed by atoms with van der Waals surface area (Å²) in [7, 11) is 0. The van der Waals surface area contributed by atoms with Gasteiger partial charge in [0.25, 0.3) is 0 Å². The van der Waals surface area contributed by atoms with Crippen LogP contribution >= 0.6 is 31.9 Å². The SMILES string of the molecule is C#CCCOc1c(Br)cc(CCN)cc1Br. The highest BCUT2D eigenvalue weighted by molar-refractivity contribution is 9.11. The summed E-state index contributed by atoms with van der Waals surface area (Å²) >= 11 is 6.95. The Bertz CT molecular complexity index is 375. The number of terminal acetylenes is 1. The zero-order valence-electron chi connectivity index (χ0n) is 8.80. The summed E-state index contributed by atoms with van der Waals surface area (Å²) in [6.07, 6.45) is 6.61. The molecule has 2 N–H and O–H groups in total. The predicted molar refractivity (Wildman–Crippen MR) is 73.5 cm³/mol. The number of hydrogen-bond acceptors (Lipinski definition) is 2. The van der Waals surface area contributed by atoms with Gasteiger partial charge in [-0.2, -0.15) is 0 Å². The van der Waals surface area contributed by atoms with Crippen LogP contribution in [0.3, 0.4) is 0 Å². The third kappa shape index (κ3) is 3.82. The normalized spacial score (nSPS) is 9.88. The minimum atomic E-state index is 0.518. The van der Waals surface area contributed by atoms with Crippen molar-refractivity contribution in [3.8, 4) is 18.1 Å². The summed E-state index contributed by atoms with van der Waals surface area (Å²) in [5, 5.41) is 0. The summed E-state index contributed by atoms with van der Waals surface area (Å²) in [5.74, 6) is 3.32. The predicted octanol–water partition coefficient (Wildman–Crippen LogP) is 3.11. The van der Waals surface area contributed by atoms with Crippen molar-refractivity contribution < 1.29 is 4.74 Å². The van der Waals surface area contributed by atoms with Gasteiger partial charge in [-0.25, -0.2) is 0 Å². The quantitative estimate of drug-likeness (QED) is 0.656. The molecule has 2 nitrogen and oxygen atoms in total. The average Bonchev–Trinajstić information content (AvgIpc) is 2.23. The van der Waals surface area contributed by atoms with E-state index < -0.39 is 0 Å². The van der Waals surface area contributed by atoms with Crippen molar-refractivity contribution >= 4 is 31.9 Å². The monoisotopic (exact) mass is 345 g/mol. The van der Waals surface area contributed by atoms with Crippen LogP contribution < -0.4 is 10.5 Å². The van der Waals surface area contributed by atoms with Crippen molar-refractivity contribution in [3.63, 3.8) is 0 Å². The molecule has 1 rings (SSSR count). The molecule has 0 heterocycles. The third-order valence-corrected chi connectivity index (χ3v) is 3.16. The van der Waals surface area contributed by atoms with E-state index >= 15 is 0 Å². The number of halogens is 2. The summed E-state index contributed by atoms with van der Waals surface area (Å²) in [6, 6.07) is 4.03. The molecule has 0 bridgehead atoms. The molecule has 0 unspecified atom stereocenters. The number of nitrogens with two attached hydrogens (primary N) is 1. The Balaban J connectivity index is 2.81. The molecular weight excluding hydrogens is 334 g/mol. The Labute approximate surface area is 113 Å². The highest BCUT2D eigenvalue weighted by atomic mass is 79.9. The van der Waals surface area contributed by atoms with Gasteiger partial charge in [0.15, 0.2) is 0 Å². The highest BCUT2D eigenvalue weighted by Crippen LogP contribution is 2.34. The molecule has 0 aliphatic carbocycles. The first-order valence-corrected chi connectivity index (χ1v) is 6.52. The van der Waals surface area contributed by atoms with E-state index in [0.717, 1.165) is 21.1 Å². The number of rotatable bonds is 5. The number of ether oxygens (including phenoxy) is 1. The van der Waals surface area contributed by atoms with Crippen LogP contribution in [-0.2, 0) is 6.42 Å². The molecule has 86 valence electrons. The van der Waals surface area contributed by atoms with Crippen molar-refractivity contribution in [3.05, 3.63) is 26.6 Å². The maximum Gasteiger partial charge on any atom is 0.147 e. The molecule has 4 heteroatoms. The Morgan fingerprint density at radius 1 is 1.31 bits per heavy atom. The largest absolute Gasteiger partial charge is 0.490 e. The molecular formula is C12H13Br2NO. The fraction of sp³-hybridized carbons (Fsp3) is 0.333. The lowest BCUT2D eigenvalue weighted by atomic mass is 10.1. The van der Waals surface area contributed by atoms with E-state index in [0.29, 0.717) is 19.6 Å². The maximum absolute atomic E-state index is 5.57. The minimum Gasteiger partial charge on any atom is -0.490 e. The van der Waals surface area contributed by atoms with E-state index in [-0.39, 0.29) is 0 Å². The number of benzene rings is 1. The second kappa shape index (κ2) is 6.95. The molecule has 1 aromatic carbocycles. The van der Waals surface area contributed by atoms with Crippen LogP contribution in [0.15, 0.2) is 21.1 Å². The van der Waals surface area contributed by atoms with Crippen LogP contribution in [0, 0.1) is 12.3 Å². The highest BCUT2D eigenvalue weighted by Gasteiger charge is 2.08. The van der Waals surface area contributed by atoms with Crippen molar-refractivity contribution in [1.29, 1.82) is 0 Å². The smallest absolute Gasteiger partial charge is 0.147 e. The molecule has 0 spiro atoms. The molecule has 0 radical (unpaired) electrons. The maximum atomic E-state index is 5.57. The molecule has 0 saturated heterocycles. The van der Waals surface area contributed by atoms with E-state index in [2.05, 4.69) is 37.8 Å². The molecule has 16 heavy (non-hydrogen) atoms. The van der Waals surface area contributed by atoms with Gasteiger partial charge in [-0.05, 0) is 62.5 Å². The van der Waals surface area contributed by atoms with Crippen molar-refractivity contribution in [2.75, 3.05) is 13.2 Å². The van der Waals surface area contributed by atoms with Gasteiger partial charge in [0.1, 0.15) is 5.75 Å². The topological polar surface area (TPSA) is 35.2 Å². The average molecular weight is 347 g/mol. The third-order valence-electron chi connectivity index (χ3n) is 1.98. The zero-order chi connectivity index (χ0) is 12.0. The minimum absolute atomic E-state index is 0.518. The van der Waals surface area contributed by atoms with Gasteiger partial charge in [0.05, 0.1) is 15.6 Å². The van der Waals surface area contributed by atoms with Crippen LogP contribution in [0.1, 0.15) is 12.0 Å². The Kier molecular flexibility index (Phi) is 5.89. The van der Waals surface area contributed by atoms with Crippen LogP contribution in [0.2, 0.25) is 0 Å². The molecule has 1 aromatic rings. The summed E-state index contributed by atoms with van der Waals surface area (Å²) in [4.78, 5) is 0. The van der Waals surface area contributed by atoms with Gasteiger partial charge in [0, 0.05) is 6.42 Å². The second-order valence-corrected chi connectivity index (χ2v) is 4.94. The summed E-state index contributed by atoms with van der Waals surface area (Å²) in [6.45, 7) is 1.15. The fourth-order valence-electron chi connectivity index (χ4n) is 1.27. The molecule has 0 aromatic heterocycles. The first-order chi connectivity index (χ1) is 7.69. The van der Waals surface area contributed by atoms with E-state index in [1.54, 1.807) is 0 Å². The molecule has 0 saturated carbocycles. The van der Waals surface area contributed by atoms with Gasteiger partial charge in [0.2, 0.25) is 0 Å². The Hall–Kier alpha value is -0.500. The van der Waals surface area contributed by atoms with E-state index in [1.807, 2.05) is 12.1 Å². The first kappa shape index (κ1) is 13.6. The lowest BCUT2D eigenvalue weighted by molar-refractivity contribution is 0.323. The van der Waals surface area contributed by atoms with Crippen LogP contribution in [0.25, 0.3) is 0 Å². The van der Waals surface area contributed by atoms with Gasteiger partial charge < -0.3 is 10.5 Å². The van der Waals surface area contributed by atoms with Crippen LogP contribution in [-0.4, -0.2) is 13.2 Å². The fourth-order valence-corrected chi connectivity index (χ4v) is 2.78. The van der Waals surface area contributed by atoms with E-state index in [9.17, 15) is 0 Å². The summed E-state index contributed by atoms with van der Waals surface area (Å²) < 4.78 is 7.41. The lowest BCUT2D eigenvalue weighted by Crippen LogP contribution is -2.03. The Morgan fingerprint density at radius 3 is 2.44 bits per heavy atom. The van der Waals surface area contributed by atoms with E-state index in [4.69, 9.17) is 16.9 Å². The van der Waals surface area contributed by atoms with Crippen molar-refractivity contribution in [1.82, 2.24) is 0 Å². The van der Waals surface area contributed by atoms with Crippen LogP contribution in [0.5, 0.6) is 5.75 Å². The first-order valence-electron chi connectivity index (χ1n) is 4.93. The van der Waals surface area contributed by atoms with Gasteiger partial charge in [-0.3, -0.25) is 0 Å². The van der Waals surface area contributed by atoms with Crippen LogP contribution in [0.4, 0.5) is 0 Å². The molecule has 0 aliphatic heterocycles. The van der Waals surface area contributed by atoms with Crippen molar-refractivity contribution in [2.45, 2.75) is 12.8 Å². The number of hydrogen-bond donors (Lipinski definition) is 1. The second-order valence-electron chi connectivity index (χ2n) is 3.23. The van der Waals surface area contributed by atoms with Gasteiger partial charge >= 0.3 is 0 Å². The lowest BCUT2D eigenvalue weighted by Gasteiger charge is -2.11. The van der Waals surface area contributed by atoms with Gasteiger partial charge in [-0.15, -0.1) is 12.3 Å². The zero-order valence-corrected chi connectivity index (χ0v) is 12.0. The van der Waals surface area contributed by atoms with Gasteiger partial charge in [-0.1, -0.05) is 0 Å². The molecule has 0 atom stereocenters. The van der Waals surface area contributed by atoms with Crippen molar-refractivity contribution in [2.24, 2.45) is 5.73 Å². The molecule has 0 amide bonds.